The first-order chi connectivity index (χ1) is 8.25. The van der Waals surface area contributed by atoms with Gasteiger partial charge in [0.1, 0.15) is 4.90 Å². The normalized spacial score (nSPS) is 13.6. The van der Waals surface area contributed by atoms with Crippen LogP contribution in [-0.2, 0) is 10.0 Å². The highest BCUT2D eigenvalue weighted by Gasteiger charge is 2.20. The molecule has 0 heterocycles. The lowest BCUT2D eigenvalue weighted by Crippen LogP contribution is -2.28. The quantitative estimate of drug-likeness (QED) is 0.695. The predicted octanol–water partition coefficient (Wildman–Crippen LogP) is 0.935. The number of nitrogens with one attached hydrogen (secondary N) is 1. The van der Waals surface area contributed by atoms with E-state index in [0.717, 1.165) is 5.56 Å². The summed E-state index contributed by atoms with van der Waals surface area (Å²) in [5, 5.41) is 9.11. The minimum Gasteiger partial charge on any atom is -0.398 e. The zero-order chi connectivity index (χ0) is 13.9. The first-order valence-electron chi connectivity index (χ1n) is 5.79. The van der Waals surface area contributed by atoms with E-state index in [9.17, 15) is 8.42 Å². The molecule has 1 rings (SSSR count). The highest BCUT2D eigenvalue weighted by Crippen LogP contribution is 2.24. The Morgan fingerprint density at radius 1 is 1.39 bits per heavy atom. The first-order valence-corrected chi connectivity index (χ1v) is 7.27. The second-order valence-electron chi connectivity index (χ2n) is 4.46. The number of hydrogen-bond acceptors (Lipinski definition) is 4. The number of nitrogens with two attached hydrogens (primary N) is 1. The standard InChI is InChI=1S/C12H20N2O3S/c1-8-4-5-11(13)12(10(8)3)18(16,17)14-7-6-9(2)15/h4-5,9,14-15H,6-7,13H2,1-3H3. The number of aliphatic hydroxyl groups excluding tert-OH is 1. The molecule has 102 valence electrons. The van der Waals surface area contributed by atoms with E-state index in [1.165, 1.54) is 0 Å². The van der Waals surface area contributed by atoms with Gasteiger partial charge in [0.2, 0.25) is 10.0 Å². The lowest BCUT2D eigenvalue weighted by atomic mass is 10.1. The minimum absolute atomic E-state index is 0.132. The van der Waals surface area contributed by atoms with Gasteiger partial charge in [0.25, 0.3) is 0 Å². The molecule has 0 fully saturated rings. The summed E-state index contributed by atoms with van der Waals surface area (Å²) in [5.41, 5.74) is 7.51. The van der Waals surface area contributed by atoms with E-state index in [2.05, 4.69) is 4.72 Å². The van der Waals surface area contributed by atoms with Gasteiger partial charge in [0.15, 0.2) is 0 Å². The van der Waals surface area contributed by atoms with Crippen LogP contribution in [0, 0.1) is 13.8 Å². The molecule has 0 saturated carbocycles. The summed E-state index contributed by atoms with van der Waals surface area (Å²) < 4.78 is 26.7. The Morgan fingerprint density at radius 3 is 2.56 bits per heavy atom. The minimum atomic E-state index is -3.63. The largest absolute Gasteiger partial charge is 0.398 e. The maximum absolute atomic E-state index is 12.1. The van der Waals surface area contributed by atoms with Crippen LogP contribution in [0.4, 0.5) is 5.69 Å². The van der Waals surface area contributed by atoms with Gasteiger partial charge in [-0.15, -0.1) is 0 Å². The van der Waals surface area contributed by atoms with Gasteiger partial charge in [-0.1, -0.05) is 6.07 Å². The van der Waals surface area contributed by atoms with Crippen molar-refractivity contribution in [3.05, 3.63) is 23.3 Å². The summed E-state index contributed by atoms with van der Waals surface area (Å²) in [6.45, 7) is 5.37. The second-order valence-corrected chi connectivity index (χ2v) is 6.17. The van der Waals surface area contributed by atoms with Crippen LogP contribution in [0.3, 0.4) is 0 Å². The Balaban J connectivity index is 3.02. The fraction of sp³-hybridized carbons (Fsp3) is 0.500. The van der Waals surface area contributed by atoms with Crippen LogP contribution >= 0.6 is 0 Å². The van der Waals surface area contributed by atoms with E-state index in [-0.39, 0.29) is 17.1 Å². The van der Waals surface area contributed by atoms with Crippen LogP contribution < -0.4 is 10.5 Å². The van der Waals surface area contributed by atoms with Crippen LogP contribution in [-0.4, -0.2) is 26.2 Å². The molecular formula is C12H20N2O3S. The van der Waals surface area contributed by atoms with Crippen molar-refractivity contribution in [2.45, 2.75) is 38.2 Å². The molecule has 1 aromatic carbocycles. The van der Waals surface area contributed by atoms with E-state index < -0.39 is 16.1 Å². The number of nitrogen functional groups attached to an aromatic ring is 1. The van der Waals surface area contributed by atoms with Crippen molar-refractivity contribution in [3.63, 3.8) is 0 Å². The van der Waals surface area contributed by atoms with Crippen molar-refractivity contribution in [2.24, 2.45) is 0 Å². The number of hydrogen-bond donors (Lipinski definition) is 3. The van der Waals surface area contributed by atoms with E-state index in [0.29, 0.717) is 12.0 Å². The third kappa shape index (κ3) is 3.44. The van der Waals surface area contributed by atoms with E-state index in [1.54, 1.807) is 26.0 Å². The molecule has 0 aliphatic rings. The molecule has 0 aromatic heterocycles. The average molecular weight is 272 g/mol. The van der Waals surface area contributed by atoms with Gasteiger partial charge in [0, 0.05) is 6.54 Å². The molecule has 0 aliphatic carbocycles. The molecule has 1 aromatic rings. The molecule has 0 bridgehead atoms. The van der Waals surface area contributed by atoms with Gasteiger partial charge in [-0.25, -0.2) is 13.1 Å². The topological polar surface area (TPSA) is 92.4 Å². The van der Waals surface area contributed by atoms with Crippen LogP contribution in [0.2, 0.25) is 0 Å². The molecule has 0 radical (unpaired) electrons. The van der Waals surface area contributed by atoms with E-state index in [4.69, 9.17) is 10.8 Å². The third-order valence-corrected chi connectivity index (χ3v) is 4.49. The molecular weight excluding hydrogens is 252 g/mol. The summed E-state index contributed by atoms with van der Waals surface area (Å²) in [5.74, 6) is 0. The van der Waals surface area contributed by atoms with Crippen molar-refractivity contribution in [2.75, 3.05) is 12.3 Å². The van der Waals surface area contributed by atoms with Gasteiger partial charge < -0.3 is 10.8 Å². The summed E-state index contributed by atoms with van der Waals surface area (Å²) in [7, 11) is -3.63. The van der Waals surface area contributed by atoms with Crippen molar-refractivity contribution < 1.29 is 13.5 Å². The zero-order valence-electron chi connectivity index (χ0n) is 10.9. The van der Waals surface area contributed by atoms with Crippen LogP contribution in [0.25, 0.3) is 0 Å². The molecule has 1 atom stereocenters. The fourth-order valence-electron chi connectivity index (χ4n) is 1.64. The molecule has 1 unspecified atom stereocenters. The lowest BCUT2D eigenvalue weighted by molar-refractivity contribution is 0.186. The summed E-state index contributed by atoms with van der Waals surface area (Å²) in [6.07, 6.45) is -0.173. The van der Waals surface area contributed by atoms with Gasteiger partial charge in [0.05, 0.1) is 11.8 Å². The number of rotatable bonds is 5. The lowest BCUT2D eigenvalue weighted by Gasteiger charge is -2.14. The predicted molar refractivity (Wildman–Crippen MR) is 71.8 cm³/mol. The number of anilines is 1. The Morgan fingerprint density at radius 2 is 2.00 bits per heavy atom. The number of benzene rings is 1. The highest BCUT2D eigenvalue weighted by molar-refractivity contribution is 7.89. The molecule has 5 nitrogen and oxygen atoms in total. The van der Waals surface area contributed by atoms with Crippen molar-refractivity contribution in [3.8, 4) is 0 Å². The Kier molecular flexibility index (Phi) is 4.72. The van der Waals surface area contributed by atoms with Gasteiger partial charge in [-0.05, 0) is 44.4 Å². The molecule has 0 saturated heterocycles. The van der Waals surface area contributed by atoms with Crippen molar-refractivity contribution >= 4 is 15.7 Å². The molecule has 4 N–H and O–H groups in total. The number of sulfonamides is 1. The molecule has 6 heteroatoms. The zero-order valence-corrected chi connectivity index (χ0v) is 11.7. The third-order valence-electron chi connectivity index (χ3n) is 2.83. The van der Waals surface area contributed by atoms with Crippen molar-refractivity contribution in [1.29, 1.82) is 0 Å². The Hall–Kier alpha value is -1.11. The highest BCUT2D eigenvalue weighted by atomic mass is 32.2. The second kappa shape index (κ2) is 5.69. The SMILES string of the molecule is Cc1ccc(N)c(S(=O)(=O)NCCC(C)O)c1C. The summed E-state index contributed by atoms with van der Waals surface area (Å²) in [4.78, 5) is 0.132. The maximum atomic E-state index is 12.1. The molecule has 0 aliphatic heterocycles. The Labute approximate surface area is 108 Å². The summed E-state index contributed by atoms with van der Waals surface area (Å²) in [6, 6.07) is 3.38. The van der Waals surface area contributed by atoms with Crippen LogP contribution in [0.15, 0.2) is 17.0 Å². The molecule has 0 spiro atoms. The summed E-state index contributed by atoms with van der Waals surface area (Å²) >= 11 is 0. The average Bonchev–Trinajstić information content (AvgIpc) is 2.23. The number of aliphatic hydroxyl groups is 1. The first kappa shape index (κ1) is 14.9. The van der Waals surface area contributed by atoms with Crippen LogP contribution in [0.5, 0.6) is 0 Å². The Bertz CT molecular complexity index is 524. The van der Waals surface area contributed by atoms with Gasteiger partial charge in [-0.3, -0.25) is 0 Å². The van der Waals surface area contributed by atoms with E-state index in [1.807, 2.05) is 6.92 Å². The monoisotopic (exact) mass is 272 g/mol. The smallest absolute Gasteiger partial charge is 0.242 e. The molecule has 0 amide bonds. The van der Waals surface area contributed by atoms with Crippen molar-refractivity contribution in [1.82, 2.24) is 4.72 Å². The van der Waals surface area contributed by atoms with Gasteiger partial charge >= 0.3 is 0 Å². The van der Waals surface area contributed by atoms with E-state index >= 15 is 0 Å². The van der Waals surface area contributed by atoms with Gasteiger partial charge in [-0.2, -0.15) is 0 Å². The van der Waals surface area contributed by atoms with Crippen LogP contribution in [0.1, 0.15) is 24.5 Å². The fourth-order valence-corrected chi connectivity index (χ4v) is 3.12. The number of aryl methyl sites for hydroxylation is 1. The maximum Gasteiger partial charge on any atom is 0.242 e. The molecule has 18 heavy (non-hydrogen) atoms.